The normalized spacial score (nSPS) is 10.3. The minimum absolute atomic E-state index is 0.859. The number of rotatable bonds is 1. The van der Waals surface area contributed by atoms with Gasteiger partial charge in [0, 0.05) is 16.9 Å². The Labute approximate surface area is 84.3 Å². The van der Waals surface area contributed by atoms with E-state index < -0.39 is 0 Å². The minimum atomic E-state index is 0.859. The van der Waals surface area contributed by atoms with Crippen LogP contribution in [0.5, 0.6) is 0 Å². The second-order valence-corrected chi connectivity index (χ2v) is 3.55. The van der Waals surface area contributed by atoms with Crippen molar-refractivity contribution in [3.05, 3.63) is 29.0 Å². The van der Waals surface area contributed by atoms with E-state index in [-0.39, 0.29) is 0 Å². The van der Waals surface area contributed by atoms with Crippen LogP contribution in [-0.4, -0.2) is 17.0 Å². The molecule has 0 unspecified atom stereocenters. The number of anilines is 1. The Kier molecular flexibility index (Phi) is 2.14. The van der Waals surface area contributed by atoms with Crippen LogP contribution in [0, 0.1) is 0 Å². The van der Waals surface area contributed by atoms with Gasteiger partial charge in [-0.3, -0.25) is 0 Å². The largest absolute Gasteiger partial charge is 0.373 e. The van der Waals surface area contributed by atoms with Gasteiger partial charge in [0.1, 0.15) is 12.1 Å². The van der Waals surface area contributed by atoms with Crippen LogP contribution < -0.4 is 5.32 Å². The van der Waals surface area contributed by atoms with Crippen LogP contribution in [0.3, 0.4) is 0 Å². The number of aromatic nitrogens is 2. The van der Waals surface area contributed by atoms with E-state index in [1.165, 1.54) is 0 Å². The molecule has 0 fully saturated rings. The zero-order valence-electron chi connectivity index (χ0n) is 7.08. The summed E-state index contributed by atoms with van der Waals surface area (Å²) in [6.07, 6.45) is 1.56. The molecule has 0 aliphatic carbocycles. The summed E-state index contributed by atoms with van der Waals surface area (Å²) >= 11 is 3.40. The number of nitrogens with one attached hydrogen (secondary N) is 1. The second-order valence-electron chi connectivity index (χ2n) is 2.63. The first kappa shape index (κ1) is 8.44. The van der Waals surface area contributed by atoms with Crippen molar-refractivity contribution in [1.82, 2.24) is 9.97 Å². The maximum Gasteiger partial charge on any atom is 0.137 e. The predicted molar refractivity (Wildman–Crippen MR) is 56.8 cm³/mol. The van der Waals surface area contributed by atoms with Crippen molar-refractivity contribution in [2.45, 2.75) is 0 Å². The fourth-order valence-corrected chi connectivity index (χ4v) is 1.58. The highest BCUT2D eigenvalue weighted by Crippen LogP contribution is 2.21. The number of benzene rings is 1. The van der Waals surface area contributed by atoms with Crippen molar-refractivity contribution in [3.63, 3.8) is 0 Å². The molecule has 0 aliphatic heterocycles. The van der Waals surface area contributed by atoms with Crippen LogP contribution in [0.4, 0.5) is 5.82 Å². The van der Waals surface area contributed by atoms with E-state index in [0.29, 0.717) is 0 Å². The molecule has 13 heavy (non-hydrogen) atoms. The Morgan fingerprint density at radius 1 is 1.31 bits per heavy atom. The maximum atomic E-state index is 4.17. The van der Waals surface area contributed by atoms with Crippen LogP contribution in [0.15, 0.2) is 29.0 Å². The molecule has 1 aromatic heterocycles. The topological polar surface area (TPSA) is 37.8 Å². The number of halogens is 1. The lowest BCUT2D eigenvalue weighted by Gasteiger charge is -2.03. The van der Waals surface area contributed by atoms with E-state index in [9.17, 15) is 0 Å². The smallest absolute Gasteiger partial charge is 0.137 e. The van der Waals surface area contributed by atoms with Gasteiger partial charge in [0.05, 0.1) is 5.52 Å². The Morgan fingerprint density at radius 2 is 2.15 bits per heavy atom. The van der Waals surface area contributed by atoms with E-state index in [4.69, 9.17) is 0 Å². The first-order chi connectivity index (χ1) is 6.31. The van der Waals surface area contributed by atoms with Crippen molar-refractivity contribution in [1.29, 1.82) is 0 Å². The van der Waals surface area contributed by atoms with Gasteiger partial charge in [0.2, 0.25) is 0 Å². The summed E-state index contributed by atoms with van der Waals surface area (Å²) in [5.41, 5.74) is 0.939. The number of nitrogens with zero attached hydrogens (tertiary/aromatic N) is 2. The fraction of sp³-hybridized carbons (Fsp3) is 0.111. The molecular formula is C9H8BrN3. The summed E-state index contributed by atoms with van der Waals surface area (Å²) in [5, 5.41) is 4.06. The molecule has 4 heteroatoms. The molecule has 0 saturated carbocycles. The van der Waals surface area contributed by atoms with Gasteiger partial charge in [-0.2, -0.15) is 0 Å². The highest BCUT2D eigenvalue weighted by molar-refractivity contribution is 9.10. The van der Waals surface area contributed by atoms with E-state index in [1.807, 2.05) is 25.2 Å². The molecule has 0 saturated heterocycles. The summed E-state index contributed by atoms with van der Waals surface area (Å²) in [5.74, 6) is 0.859. The highest BCUT2D eigenvalue weighted by atomic mass is 79.9. The highest BCUT2D eigenvalue weighted by Gasteiger charge is 2.00. The molecule has 0 spiro atoms. The lowest BCUT2D eigenvalue weighted by Crippen LogP contribution is -1.94. The molecule has 0 atom stereocenters. The van der Waals surface area contributed by atoms with Gasteiger partial charge in [0.25, 0.3) is 0 Å². The van der Waals surface area contributed by atoms with Gasteiger partial charge >= 0.3 is 0 Å². The average molecular weight is 238 g/mol. The lowest BCUT2D eigenvalue weighted by atomic mass is 10.2. The Balaban J connectivity index is 2.77. The Hall–Kier alpha value is -1.16. The van der Waals surface area contributed by atoms with Crippen molar-refractivity contribution < 1.29 is 0 Å². The van der Waals surface area contributed by atoms with Crippen LogP contribution >= 0.6 is 15.9 Å². The van der Waals surface area contributed by atoms with Crippen LogP contribution in [-0.2, 0) is 0 Å². The predicted octanol–water partition coefficient (Wildman–Crippen LogP) is 2.43. The third-order valence-corrected chi connectivity index (χ3v) is 2.33. The summed E-state index contributed by atoms with van der Waals surface area (Å²) in [6, 6.07) is 5.94. The van der Waals surface area contributed by atoms with Gasteiger partial charge in [0.15, 0.2) is 0 Å². The second kappa shape index (κ2) is 3.30. The van der Waals surface area contributed by atoms with Crippen molar-refractivity contribution in [2.75, 3.05) is 12.4 Å². The molecule has 1 heterocycles. The van der Waals surface area contributed by atoms with Crippen molar-refractivity contribution >= 4 is 32.7 Å². The average Bonchev–Trinajstić information content (AvgIpc) is 2.16. The summed E-state index contributed by atoms with van der Waals surface area (Å²) in [4.78, 5) is 8.29. The molecule has 0 radical (unpaired) electrons. The first-order valence-electron chi connectivity index (χ1n) is 3.89. The molecule has 2 aromatic rings. The fourth-order valence-electron chi connectivity index (χ4n) is 1.23. The van der Waals surface area contributed by atoms with Crippen LogP contribution in [0.1, 0.15) is 0 Å². The number of hydrogen-bond donors (Lipinski definition) is 1. The van der Waals surface area contributed by atoms with E-state index in [1.54, 1.807) is 6.33 Å². The van der Waals surface area contributed by atoms with Gasteiger partial charge in [-0.25, -0.2) is 9.97 Å². The Bertz CT molecular complexity index is 442. The van der Waals surface area contributed by atoms with Gasteiger partial charge in [-0.15, -0.1) is 0 Å². The number of fused-ring (bicyclic) bond motifs is 1. The molecule has 2 rings (SSSR count). The summed E-state index contributed by atoms with van der Waals surface area (Å²) < 4.78 is 1.03. The van der Waals surface area contributed by atoms with Gasteiger partial charge < -0.3 is 5.32 Å². The first-order valence-corrected chi connectivity index (χ1v) is 4.68. The molecule has 0 aliphatic rings. The monoisotopic (exact) mass is 237 g/mol. The molecule has 1 aromatic carbocycles. The Morgan fingerprint density at radius 3 is 2.92 bits per heavy atom. The SMILES string of the molecule is CNc1ncnc2cc(Br)ccc12. The van der Waals surface area contributed by atoms with Gasteiger partial charge in [-0.05, 0) is 18.2 Å². The number of hydrogen-bond acceptors (Lipinski definition) is 3. The van der Waals surface area contributed by atoms with Crippen molar-refractivity contribution in [2.24, 2.45) is 0 Å². The molecular weight excluding hydrogens is 230 g/mol. The standard InChI is InChI=1S/C9H8BrN3/c1-11-9-7-3-2-6(10)4-8(7)12-5-13-9/h2-5H,1H3,(H,11,12,13). The summed E-state index contributed by atoms with van der Waals surface area (Å²) in [6.45, 7) is 0. The molecule has 1 N–H and O–H groups in total. The third-order valence-electron chi connectivity index (χ3n) is 1.84. The van der Waals surface area contributed by atoms with Crippen LogP contribution in [0.25, 0.3) is 10.9 Å². The minimum Gasteiger partial charge on any atom is -0.373 e. The van der Waals surface area contributed by atoms with Crippen LogP contribution in [0.2, 0.25) is 0 Å². The zero-order valence-corrected chi connectivity index (χ0v) is 8.67. The third kappa shape index (κ3) is 1.49. The quantitative estimate of drug-likeness (QED) is 0.829. The van der Waals surface area contributed by atoms with Crippen molar-refractivity contribution in [3.8, 4) is 0 Å². The van der Waals surface area contributed by atoms with E-state index >= 15 is 0 Å². The molecule has 3 nitrogen and oxygen atoms in total. The molecule has 0 amide bonds. The molecule has 0 bridgehead atoms. The van der Waals surface area contributed by atoms with E-state index in [2.05, 4.69) is 31.2 Å². The molecule has 66 valence electrons. The maximum absolute atomic E-state index is 4.17. The van der Waals surface area contributed by atoms with E-state index in [0.717, 1.165) is 21.2 Å². The lowest BCUT2D eigenvalue weighted by molar-refractivity contribution is 1.21. The zero-order chi connectivity index (χ0) is 9.26. The van der Waals surface area contributed by atoms with Gasteiger partial charge in [-0.1, -0.05) is 15.9 Å². The summed E-state index contributed by atoms with van der Waals surface area (Å²) in [7, 11) is 1.85.